The lowest BCUT2D eigenvalue weighted by Gasteiger charge is -2.07. The highest BCUT2D eigenvalue weighted by molar-refractivity contribution is 5.89. The van der Waals surface area contributed by atoms with Crippen LogP contribution in [0.15, 0.2) is 53.3 Å². The number of non-ortho nitro benzene ring substituents is 1. The predicted molar refractivity (Wildman–Crippen MR) is 88.4 cm³/mol. The Morgan fingerprint density at radius 2 is 1.96 bits per heavy atom. The fraction of sp³-hybridized carbons (Fsp3) is 0.118. The van der Waals surface area contributed by atoms with Crippen LogP contribution in [-0.4, -0.2) is 20.3 Å². The molecule has 0 unspecified atom stereocenters. The molecule has 3 aromatic rings. The van der Waals surface area contributed by atoms with Crippen LogP contribution >= 0.6 is 0 Å². The molecule has 0 N–H and O–H groups in total. The summed E-state index contributed by atoms with van der Waals surface area (Å²) in [4.78, 5) is 38.5. The van der Waals surface area contributed by atoms with Gasteiger partial charge in [0.1, 0.15) is 12.3 Å². The highest BCUT2D eigenvalue weighted by Gasteiger charge is 2.12. The van der Waals surface area contributed by atoms with Crippen molar-refractivity contribution in [3.63, 3.8) is 0 Å². The maximum Gasteiger partial charge on any atom is 0.338 e. The van der Waals surface area contributed by atoms with E-state index in [2.05, 4.69) is 4.98 Å². The fourth-order valence-electron chi connectivity index (χ4n) is 2.38. The van der Waals surface area contributed by atoms with Crippen LogP contribution in [0.5, 0.6) is 0 Å². The molecule has 2 heterocycles. The topological polar surface area (TPSA) is 104 Å². The summed E-state index contributed by atoms with van der Waals surface area (Å²) >= 11 is 0. The van der Waals surface area contributed by atoms with Gasteiger partial charge in [-0.3, -0.25) is 19.3 Å². The lowest BCUT2D eigenvalue weighted by atomic mass is 10.2. The molecule has 0 saturated carbocycles. The van der Waals surface area contributed by atoms with E-state index in [9.17, 15) is 19.7 Å². The summed E-state index contributed by atoms with van der Waals surface area (Å²) in [5, 5.41) is 10.6. The molecule has 8 nitrogen and oxygen atoms in total. The van der Waals surface area contributed by atoms with Gasteiger partial charge in [-0.15, -0.1) is 0 Å². The molecule has 0 bridgehead atoms. The van der Waals surface area contributed by atoms with E-state index in [1.165, 1.54) is 34.7 Å². The number of ether oxygens (including phenoxy) is 1. The largest absolute Gasteiger partial charge is 0.456 e. The Morgan fingerprint density at radius 3 is 2.64 bits per heavy atom. The van der Waals surface area contributed by atoms with E-state index in [-0.39, 0.29) is 23.4 Å². The lowest BCUT2D eigenvalue weighted by Crippen LogP contribution is -2.18. The fourth-order valence-corrected chi connectivity index (χ4v) is 2.38. The first kappa shape index (κ1) is 16.3. The van der Waals surface area contributed by atoms with Gasteiger partial charge in [-0.05, 0) is 31.2 Å². The highest BCUT2D eigenvalue weighted by Crippen LogP contribution is 2.13. The molecule has 0 atom stereocenters. The summed E-state index contributed by atoms with van der Waals surface area (Å²) in [6.07, 6.45) is 0. The first-order valence-corrected chi connectivity index (χ1v) is 7.35. The molecule has 0 fully saturated rings. The summed E-state index contributed by atoms with van der Waals surface area (Å²) in [5.74, 6) is -0.652. The zero-order valence-corrected chi connectivity index (χ0v) is 13.2. The molecule has 2 aromatic heterocycles. The molecule has 8 heteroatoms. The third-order valence-corrected chi connectivity index (χ3v) is 3.60. The molecule has 25 heavy (non-hydrogen) atoms. The van der Waals surface area contributed by atoms with Crippen LogP contribution in [0.3, 0.4) is 0 Å². The van der Waals surface area contributed by atoms with Crippen LogP contribution < -0.4 is 5.56 Å². The van der Waals surface area contributed by atoms with Crippen molar-refractivity contribution >= 4 is 17.3 Å². The van der Waals surface area contributed by atoms with Gasteiger partial charge in [-0.2, -0.15) is 0 Å². The van der Waals surface area contributed by atoms with E-state index >= 15 is 0 Å². The second-order valence-electron chi connectivity index (χ2n) is 5.33. The molecule has 0 spiro atoms. The van der Waals surface area contributed by atoms with Crippen molar-refractivity contribution in [2.75, 3.05) is 0 Å². The Morgan fingerprint density at radius 1 is 1.24 bits per heavy atom. The quantitative estimate of drug-likeness (QED) is 0.410. The molecule has 0 aliphatic rings. The minimum Gasteiger partial charge on any atom is -0.456 e. The monoisotopic (exact) mass is 339 g/mol. The number of carbonyl (C=O) groups excluding carboxylic acids is 1. The van der Waals surface area contributed by atoms with Crippen molar-refractivity contribution in [1.29, 1.82) is 0 Å². The predicted octanol–water partition coefficient (Wildman–Crippen LogP) is 2.27. The van der Waals surface area contributed by atoms with Gasteiger partial charge in [0.05, 0.1) is 16.2 Å². The van der Waals surface area contributed by atoms with Crippen LogP contribution in [0.25, 0.3) is 5.65 Å². The maximum atomic E-state index is 12.2. The van der Waals surface area contributed by atoms with Crippen LogP contribution in [0.2, 0.25) is 0 Å². The van der Waals surface area contributed by atoms with E-state index in [0.29, 0.717) is 11.3 Å². The Hall–Kier alpha value is -3.55. The summed E-state index contributed by atoms with van der Waals surface area (Å²) in [6.45, 7) is 1.62. The smallest absolute Gasteiger partial charge is 0.338 e. The Kier molecular flexibility index (Phi) is 4.25. The van der Waals surface area contributed by atoms with Crippen LogP contribution in [0.4, 0.5) is 5.69 Å². The Bertz CT molecular complexity index is 1020. The third-order valence-electron chi connectivity index (χ3n) is 3.60. The molecule has 0 saturated heterocycles. The van der Waals surface area contributed by atoms with Crippen LogP contribution in [0, 0.1) is 17.0 Å². The number of fused-ring (bicyclic) bond motifs is 1. The molecule has 126 valence electrons. The summed E-state index contributed by atoms with van der Waals surface area (Å²) in [7, 11) is 0. The van der Waals surface area contributed by atoms with Crippen LogP contribution in [-0.2, 0) is 11.3 Å². The van der Waals surface area contributed by atoms with Crippen molar-refractivity contribution in [2.24, 2.45) is 0 Å². The molecule has 3 rings (SSSR count). The standard InChI is InChI=1S/C17H13N3O5/c1-11-3-2-4-15-18-13(9-16(21)19(11)15)10-25-17(22)12-5-7-14(8-6-12)20(23)24/h2-9H,10H2,1H3. The minimum absolute atomic E-state index is 0.115. The van der Waals surface area contributed by atoms with Gasteiger partial charge >= 0.3 is 5.97 Å². The average Bonchev–Trinajstić information content (AvgIpc) is 2.59. The second kappa shape index (κ2) is 6.52. The van der Waals surface area contributed by atoms with Crippen molar-refractivity contribution in [2.45, 2.75) is 13.5 Å². The molecular weight excluding hydrogens is 326 g/mol. The van der Waals surface area contributed by atoms with Crippen molar-refractivity contribution in [1.82, 2.24) is 9.38 Å². The summed E-state index contributed by atoms with van der Waals surface area (Å²) < 4.78 is 6.59. The van der Waals surface area contributed by atoms with Gasteiger partial charge in [-0.25, -0.2) is 9.78 Å². The second-order valence-corrected chi connectivity index (χ2v) is 5.33. The number of rotatable bonds is 4. The van der Waals surface area contributed by atoms with E-state index in [4.69, 9.17) is 4.74 Å². The lowest BCUT2D eigenvalue weighted by molar-refractivity contribution is -0.384. The molecule has 0 radical (unpaired) electrons. The van der Waals surface area contributed by atoms with Gasteiger partial charge in [-0.1, -0.05) is 6.07 Å². The Labute approximate surface area is 141 Å². The van der Waals surface area contributed by atoms with E-state index in [1.807, 2.05) is 0 Å². The third kappa shape index (κ3) is 3.37. The van der Waals surface area contributed by atoms with Crippen molar-refractivity contribution < 1.29 is 14.5 Å². The molecular formula is C17H13N3O5. The van der Waals surface area contributed by atoms with Crippen molar-refractivity contribution in [3.8, 4) is 0 Å². The van der Waals surface area contributed by atoms with Gasteiger partial charge in [0.25, 0.3) is 11.2 Å². The molecule has 0 aliphatic heterocycles. The van der Waals surface area contributed by atoms with E-state index in [0.717, 1.165) is 5.69 Å². The number of nitro benzene ring substituents is 1. The summed E-state index contributed by atoms with van der Waals surface area (Å²) in [6, 6.07) is 11.6. The van der Waals surface area contributed by atoms with Crippen LogP contribution in [0.1, 0.15) is 21.7 Å². The van der Waals surface area contributed by atoms with E-state index in [1.54, 1.807) is 25.1 Å². The first-order valence-electron chi connectivity index (χ1n) is 7.35. The van der Waals surface area contributed by atoms with Crippen molar-refractivity contribution in [3.05, 3.63) is 86.0 Å². The maximum absolute atomic E-state index is 12.2. The number of nitro groups is 1. The molecule has 0 aliphatic carbocycles. The van der Waals surface area contributed by atoms with Gasteiger partial charge < -0.3 is 4.74 Å². The normalized spacial score (nSPS) is 10.6. The Balaban J connectivity index is 1.77. The summed E-state index contributed by atoms with van der Waals surface area (Å²) in [5.41, 5.74) is 1.35. The number of benzene rings is 1. The number of aromatic nitrogens is 2. The number of pyridine rings is 1. The first-order chi connectivity index (χ1) is 12.0. The highest BCUT2D eigenvalue weighted by atomic mass is 16.6. The van der Waals surface area contributed by atoms with Gasteiger partial charge in [0.2, 0.25) is 0 Å². The number of carbonyl (C=O) groups is 1. The number of hydrogen-bond donors (Lipinski definition) is 0. The van der Waals surface area contributed by atoms with Gasteiger partial charge in [0.15, 0.2) is 0 Å². The zero-order valence-electron chi connectivity index (χ0n) is 13.2. The number of nitrogens with zero attached hydrogens (tertiary/aromatic N) is 3. The molecule has 0 amide bonds. The number of hydrogen-bond acceptors (Lipinski definition) is 6. The minimum atomic E-state index is -0.652. The zero-order chi connectivity index (χ0) is 18.0. The van der Waals surface area contributed by atoms with Gasteiger partial charge in [0, 0.05) is 23.9 Å². The molecule has 1 aromatic carbocycles. The SMILES string of the molecule is Cc1cccc2nc(COC(=O)c3ccc([N+](=O)[O-])cc3)cc(=O)n12. The average molecular weight is 339 g/mol. The van der Waals surface area contributed by atoms with E-state index < -0.39 is 10.9 Å². The number of esters is 1. The number of aryl methyl sites for hydroxylation is 1.